The first-order chi connectivity index (χ1) is 10.7. The summed E-state index contributed by atoms with van der Waals surface area (Å²) in [6, 6.07) is 6.51. The molecule has 0 saturated carbocycles. The van der Waals surface area contributed by atoms with Crippen LogP contribution in [0.1, 0.15) is 40.0 Å². The Morgan fingerprint density at radius 1 is 1.22 bits per heavy atom. The molecule has 0 bridgehead atoms. The van der Waals surface area contributed by atoms with Crippen molar-refractivity contribution in [2.24, 2.45) is 5.92 Å². The predicted octanol–water partition coefficient (Wildman–Crippen LogP) is 2.80. The van der Waals surface area contributed by atoms with Gasteiger partial charge in [-0.05, 0) is 43.0 Å². The zero-order valence-corrected chi connectivity index (χ0v) is 15.2. The van der Waals surface area contributed by atoms with Gasteiger partial charge in [-0.25, -0.2) is 8.42 Å². The first-order valence-corrected chi connectivity index (χ1v) is 9.85. The highest BCUT2D eigenvalue weighted by Gasteiger charge is 2.13. The third kappa shape index (κ3) is 7.03. The molecular weight excluding hydrogens is 314 g/mol. The molecule has 1 rings (SSSR count). The summed E-state index contributed by atoms with van der Waals surface area (Å²) in [6.45, 7) is 6.67. The van der Waals surface area contributed by atoms with Crippen LogP contribution < -0.4 is 10.1 Å². The number of amides is 1. The Morgan fingerprint density at radius 3 is 2.30 bits per heavy atom. The highest BCUT2D eigenvalue weighted by atomic mass is 32.2. The van der Waals surface area contributed by atoms with Crippen LogP contribution in [0.15, 0.2) is 29.2 Å². The molecule has 0 fully saturated rings. The molecule has 0 aliphatic heterocycles. The third-order valence-electron chi connectivity index (χ3n) is 3.66. The van der Waals surface area contributed by atoms with Crippen molar-refractivity contribution in [1.29, 1.82) is 0 Å². The zero-order valence-electron chi connectivity index (χ0n) is 14.3. The topological polar surface area (TPSA) is 72.5 Å². The molecule has 1 amide bonds. The Balaban J connectivity index is 2.33. The molecule has 0 heterocycles. The molecule has 0 saturated heterocycles. The molecule has 23 heavy (non-hydrogen) atoms. The second-order valence-electron chi connectivity index (χ2n) is 6.02. The van der Waals surface area contributed by atoms with E-state index >= 15 is 0 Å². The Bertz CT molecular complexity index is 594. The minimum Gasteiger partial charge on any atom is -0.494 e. The van der Waals surface area contributed by atoms with Gasteiger partial charge in [0.05, 0.1) is 11.5 Å². The average molecular weight is 341 g/mol. The molecule has 1 aromatic carbocycles. The number of hydrogen-bond acceptors (Lipinski definition) is 4. The summed E-state index contributed by atoms with van der Waals surface area (Å²) in [7, 11) is -3.19. The highest BCUT2D eigenvalue weighted by Crippen LogP contribution is 2.16. The van der Waals surface area contributed by atoms with Crippen LogP contribution in [0.3, 0.4) is 0 Å². The number of sulfone groups is 1. The molecule has 1 aromatic rings. The van der Waals surface area contributed by atoms with Crippen molar-refractivity contribution in [2.45, 2.75) is 51.0 Å². The average Bonchev–Trinajstić information content (AvgIpc) is 2.48. The molecule has 0 unspecified atom stereocenters. The van der Waals surface area contributed by atoms with Gasteiger partial charge in [0.1, 0.15) is 5.75 Å². The quantitative estimate of drug-likeness (QED) is 0.701. The summed E-state index contributed by atoms with van der Waals surface area (Å²) < 4.78 is 28.2. The monoisotopic (exact) mass is 341 g/mol. The van der Waals surface area contributed by atoms with Crippen molar-refractivity contribution < 1.29 is 17.9 Å². The van der Waals surface area contributed by atoms with Crippen LogP contribution in [-0.4, -0.2) is 33.2 Å². The SMILES string of the molecule is CC[C@@H](NC(=O)CCCOc1ccc(S(C)(=O)=O)cc1)C(C)C. The second-order valence-corrected chi connectivity index (χ2v) is 8.04. The van der Waals surface area contributed by atoms with E-state index < -0.39 is 9.84 Å². The standard InChI is InChI=1S/C17H27NO4S/c1-5-16(13(2)3)18-17(19)7-6-12-22-14-8-10-15(11-9-14)23(4,20)21/h8-11,13,16H,5-7,12H2,1-4H3,(H,18,19)/t16-/m1/s1. The summed E-state index contributed by atoms with van der Waals surface area (Å²) in [5, 5.41) is 3.03. The van der Waals surface area contributed by atoms with Gasteiger partial charge in [-0.15, -0.1) is 0 Å². The van der Waals surface area contributed by atoms with Gasteiger partial charge in [-0.1, -0.05) is 20.8 Å². The molecule has 1 N–H and O–H groups in total. The minimum atomic E-state index is -3.19. The molecule has 0 aliphatic carbocycles. The van der Waals surface area contributed by atoms with Gasteiger partial charge >= 0.3 is 0 Å². The van der Waals surface area contributed by atoms with Crippen molar-refractivity contribution in [3.8, 4) is 5.75 Å². The number of ether oxygens (including phenoxy) is 1. The second kappa shape index (κ2) is 8.91. The van der Waals surface area contributed by atoms with E-state index in [4.69, 9.17) is 4.74 Å². The maximum atomic E-state index is 11.8. The Labute approximate surface area is 139 Å². The van der Waals surface area contributed by atoms with E-state index in [1.807, 2.05) is 0 Å². The van der Waals surface area contributed by atoms with Gasteiger partial charge in [0.25, 0.3) is 0 Å². The minimum absolute atomic E-state index is 0.0431. The smallest absolute Gasteiger partial charge is 0.220 e. The number of nitrogens with one attached hydrogen (secondary N) is 1. The lowest BCUT2D eigenvalue weighted by molar-refractivity contribution is -0.122. The lowest BCUT2D eigenvalue weighted by atomic mass is 10.0. The van der Waals surface area contributed by atoms with E-state index in [2.05, 4.69) is 26.1 Å². The maximum absolute atomic E-state index is 11.8. The van der Waals surface area contributed by atoms with Crippen LogP contribution in [0.4, 0.5) is 0 Å². The molecule has 5 nitrogen and oxygen atoms in total. The summed E-state index contributed by atoms with van der Waals surface area (Å²) in [4.78, 5) is 12.1. The van der Waals surface area contributed by atoms with Crippen molar-refractivity contribution >= 4 is 15.7 Å². The summed E-state index contributed by atoms with van der Waals surface area (Å²) in [5.74, 6) is 1.07. The van der Waals surface area contributed by atoms with Gasteiger partial charge in [-0.3, -0.25) is 4.79 Å². The Kier molecular flexibility index (Phi) is 7.55. The zero-order chi connectivity index (χ0) is 17.5. The van der Waals surface area contributed by atoms with Gasteiger partial charge in [0, 0.05) is 18.7 Å². The van der Waals surface area contributed by atoms with Crippen LogP contribution in [0.25, 0.3) is 0 Å². The van der Waals surface area contributed by atoms with E-state index in [1.165, 1.54) is 18.4 Å². The largest absolute Gasteiger partial charge is 0.494 e. The van der Waals surface area contributed by atoms with E-state index in [0.717, 1.165) is 6.42 Å². The lowest BCUT2D eigenvalue weighted by Gasteiger charge is -2.20. The van der Waals surface area contributed by atoms with Gasteiger partial charge in [0.2, 0.25) is 5.91 Å². The fourth-order valence-electron chi connectivity index (χ4n) is 2.22. The number of carbonyl (C=O) groups is 1. The van der Waals surface area contributed by atoms with Crippen molar-refractivity contribution in [3.63, 3.8) is 0 Å². The van der Waals surface area contributed by atoms with Crippen molar-refractivity contribution in [1.82, 2.24) is 5.32 Å². The third-order valence-corrected chi connectivity index (χ3v) is 4.79. The van der Waals surface area contributed by atoms with Crippen LogP contribution in [-0.2, 0) is 14.6 Å². The first kappa shape index (κ1) is 19.5. The molecule has 0 spiro atoms. The van der Waals surface area contributed by atoms with Crippen molar-refractivity contribution in [3.05, 3.63) is 24.3 Å². The maximum Gasteiger partial charge on any atom is 0.220 e. The van der Waals surface area contributed by atoms with E-state index in [0.29, 0.717) is 31.1 Å². The van der Waals surface area contributed by atoms with Gasteiger partial charge in [-0.2, -0.15) is 0 Å². The van der Waals surface area contributed by atoms with Gasteiger partial charge < -0.3 is 10.1 Å². The number of rotatable bonds is 9. The predicted molar refractivity (Wildman–Crippen MR) is 91.3 cm³/mol. The Morgan fingerprint density at radius 2 is 1.83 bits per heavy atom. The van der Waals surface area contributed by atoms with Crippen LogP contribution in [0, 0.1) is 5.92 Å². The van der Waals surface area contributed by atoms with E-state index in [9.17, 15) is 13.2 Å². The number of benzene rings is 1. The molecule has 1 atom stereocenters. The van der Waals surface area contributed by atoms with Crippen molar-refractivity contribution in [2.75, 3.05) is 12.9 Å². The van der Waals surface area contributed by atoms with Crippen LogP contribution >= 0.6 is 0 Å². The number of hydrogen-bond donors (Lipinski definition) is 1. The van der Waals surface area contributed by atoms with E-state index in [-0.39, 0.29) is 16.8 Å². The lowest BCUT2D eigenvalue weighted by Crippen LogP contribution is -2.38. The molecule has 0 aliphatic rings. The summed E-state index contributed by atoms with van der Waals surface area (Å²) in [5.41, 5.74) is 0. The molecule has 130 valence electrons. The summed E-state index contributed by atoms with van der Waals surface area (Å²) >= 11 is 0. The van der Waals surface area contributed by atoms with Gasteiger partial charge in [0.15, 0.2) is 9.84 Å². The Hall–Kier alpha value is -1.56. The fraction of sp³-hybridized carbons (Fsp3) is 0.588. The highest BCUT2D eigenvalue weighted by molar-refractivity contribution is 7.90. The number of carbonyl (C=O) groups excluding carboxylic acids is 1. The molecular formula is C17H27NO4S. The normalized spacial score (nSPS) is 12.9. The van der Waals surface area contributed by atoms with Crippen LogP contribution in [0.5, 0.6) is 5.75 Å². The molecule has 0 aromatic heterocycles. The first-order valence-electron chi connectivity index (χ1n) is 7.96. The fourth-order valence-corrected chi connectivity index (χ4v) is 2.86. The molecule has 0 radical (unpaired) electrons. The van der Waals surface area contributed by atoms with Crippen LogP contribution in [0.2, 0.25) is 0 Å². The summed E-state index contributed by atoms with van der Waals surface area (Å²) in [6.07, 6.45) is 3.13. The molecule has 6 heteroatoms. The van der Waals surface area contributed by atoms with E-state index in [1.54, 1.807) is 12.1 Å².